The van der Waals surface area contributed by atoms with Crippen molar-refractivity contribution in [1.29, 1.82) is 0 Å². The number of carboxylic acids is 1. The Hall–Kier alpha value is -3.28. The number of aliphatic carboxylic acids is 1. The largest absolute Gasteiger partial charge is 0.508 e. The van der Waals surface area contributed by atoms with Gasteiger partial charge >= 0.3 is 5.97 Å². The topological polar surface area (TPSA) is 93.6 Å². The highest BCUT2D eigenvalue weighted by molar-refractivity contribution is 5.90. The quantitative estimate of drug-likeness (QED) is 0.662. The number of hydrogen-bond donors (Lipinski definition) is 3. The van der Waals surface area contributed by atoms with Gasteiger partial charge in [-0.1, -0.05) is 36.4 Å². The molecule has 4 rings (SSSR count). The zero-order valence-electron chi connectivity index (χ0n) is 14.1. The van der Waals surface area contributed by atoms with Gasteiger partial charge in [-0.2, -0.15) is 0 Å². The summed E-state index contributed by atoms with van der Waals surface area (Å²) in [7, 11) is 0. The van der Waals surface area contributed by atoms with Crippen LogP contribution in [0, 0.1) is 0 Å². The third kappa shape index (κ3) is 2.34. The molecule has 6 heteroatoms. The van der Waals surface area contributed by atoms with Crippen molar-refractivity contribution in [2.75, 3.05) is 0 Å². The molecule has 1 aliphatic rings. The number of carbonyl (C=O) groups is 2. The molecule has 2 atom stereocenters. The van der Waals surface area contributed by atoms with E-state index in [1.807, 2.05) is 24.3 Å². The lowest BCUT2D eigenvalue weighted by atomic mass is 9.87. The van der Waals surface area contributed by atoms with E-state index in [4.69, 9.17) is 0 Å². The fourth-order valence-corrected chi connectivity index (χ4v) is 3.92. The number of aromatic amines is 1. The van der Waals surface area contributed by atoms with Crippen LogP contribution >= 0.6 is 0 Å². The van der Waals surface area contributed by atoms with E-state index < -0.39 is 18.1 Å². The van der Waals surface area contributed by atoms with Gasteiger partial charge in [-0.05, 0) is 17.7 Å². The van der Waals surface area contributed by atoms with Gasteiger partial charge in [0.2, 0.25) is 5.91 Å². The molecule has 132 valence electrons. The van der Waals surface area contributed by atoms with Gasteiger partial charge in [0.1, 0.15) is 17.8 Å². The average molecular weight is 350 g/mol. The number of aromatic hydroxyl groups is 1. The molecule has 0 aliphatic carbocycles. The number of carboxylic acid groups (broad SMARTS) is 1. The molecular formula is C20H18N2O4. The normalized spacial score (nSPS) is 19.3. The van der Waals surface area contributed by atoms with Gasteiger partial charge in [0.05, 0.1) is 0 Å². The van der Waals surface area contributed by atoms with E-state index in [1.165, 1.54) is 11.8 Å². The zero-order valence-corrected chi connectivity index (χ0v) is 14.1. The Kier molecular flexibility index (Phi) is 3.68. The summed E-state index contributed by atoms with van der Waals surface area (Å²) in [5.74, 6) is -1.38. The molecule has 1 aliphatic heterocycles. The first kappa shape index (κ1) is 16.2. The van der Waals surface area contributed by atoms with Gasteiger partial charge in [0.25, 0.3) is 0 Å². The summed E-state index contributed by atoms with van der Waals surface area (Å²) in [5, 5.41) is 21.1. The Morgan fingerprint density at radius 2 is 1.81 bits per heavy atom. The second kappa shape index (κ2) is 5.91. The minimum absolute atomic E-state index is 0.0272. The van der Waals surface area contributed by atoms with Crippen LogP contribution < -0.4 is 0 Å². The summed E-state index contributed by atoms with van der Waals surface area (Å²) in [6, 6.07) is 12.7. The van der Waals surface area contributed by atoms with Crippen LogP contribution in [0.4, 0.5) is 0 Å². The lowest BCUT2D eigenvalue weighted by molar-refractivity contribution is -0.151. The predicted molar refractivity (Wildman–Crippen MR) is 95.9 cm³/mol. The molecule has 0 saturated carbocycles. The number of phenolic OH excluding ortho intramolecular Hbond substituents is 1. The molecule has 3 aromatic rings. The lowest BCUT2D eigenvalue weighted by Crippen LogP contribution is -2.50. The number of rotatable bonds is 2. The number of hydrogen-bond acceptors (Lipinski definition) is 3. The molecule has 0 bridgehead atoms. The van der Waals surface area contributed by atoms with Crippen LogP contribution in [0.5, 0.6) is 5.75 Å². The molecule has 26 heavy (non-hydrogen) atoms. The highest BCUT2D eigenvalue weighted by Crippen LogP contribution is 2.43. The number of amides is 1. The molecule has 1 amide bonds. The van der Waals surface area contributed by atoms with Crippen LogP contribution in [0.25, 0.3) is 10.9 Å². The molecule has 0 spiro atoms. The highest BCUT2D eigenvalue weighted by atomic mass is 16.4. The fourth-order valence-electron chi connectivity index (χ4n) is 3.92. The molecule has 2 aromatic carbocycles. The van der Waals surface area contributed by atoms with Gasteiger partial charge in [-0.3, -0.25) is 4.79 Å². The molecule has 3 N–H and O–H groups in total. The van der Waals surface area contributed by atoms with E-state index in [2.05, 4.69) is 4.98 Å². The molecule has 6 nitrogen and oxygen atoms in total. The van der Waals surface area contributed by atoms with Crippen LogP contribution in [-0.4, -0.2) is 38.0 Å². The van der Waals surface area contributed by atoms with E-state index in [0.717, 1.165) is 22.2 Å². The van der Waals surface area contributed by atoms with E-state index in [0.29, 0.717) is 5.56 Å². The number of benzene rings is 2. The molecule has 0 saturated heterocycles. The van der Waals surface area contributed by atoms with E-state index in [-0.39, 0.29) is 18.1 Å². The van der Waals surface area contributed by atoms with Crippen molar-refractivity contribution >= 4 is 22.8 Å². The van der Waals surface area contributed by atoms with Crippen LogP contribution in [-0.2, 0) is 16.0 Å². The maximum atomic E-state index is 12.4. The van der Waals surface area contributed by atoms with Crippen molar-refractivity contribution < 1.29 is 19.8 Å². The number of fused-ring (bicyclic) bond motifs is 3. The Morgan fingerprint density at radius 3 is 2.50 bits per heavy atom. The number of carbonyl (C=O) groups excluding carboxylic acids is 1. The van der Waals surface area contributed by atoms with E-state index in [1.54, 1.807) is 24.3 Å². The minimum atomic E-state index is -1.06. The number of para-hydroxylation sites is 2. The van der Waals surface area contributed by atoms with Crippen LogP contribution in [0.1, 0.15) is 29.8 Å². The Morgan fingerprint density at radius 1 is 1.12 bits per heavy atom. The zero-order chi connectivity index (χ0) is 18.4. The van der Waals surface area contributed by atoms with Crippen molar-refractivity contribution in [3.63, 3.8) is 0 Å². The lowest BCUT2D eigenvalue weighted by Gasteiger charge is -2.40. The van der Waals surface area contributed by atoms with Crippen molar-refractivity contribution in [2.24, 2.45) is 0 Å². The van der Waals surface area contributed by atoms with Crippen LogP contribution in [0.2, 0.25) is 0 Å². The summed E-state index contributed by atoms with van der Waals surface area (Å²) in [5.41, 5.74) is 3.01. The number of phenols is 1. The summed E-state index contributed by atoms with van der Waals surface area (Å²) in [6.45, 7) is 1.36. The standard InChI is InChI=1S/C20H18N2O4/c1-11(23)22-16(20(25)26)10-14-12-6-2-4-8-15(12)21-18(14)19(22)13-7-3-5-9-17(13)24/h2-9,16,19,21,24H,10H2,1H3,(H,25,26)/t16-,19+/m1/s1. The molecular weight excluding hydrogens is 332 g/mol. The van der Waals surface area contributed by atoms with Crippen LogP contribution in [0.3, 0.4) is 0 Å². The van der Waals surface area contributed by atoms with Crippen molar-refractivity contribution in [1.82, 2.24) is 9.88 Å². The molecule has 0 unspecified atom stereocenters. The van der Waals surface area contributed by atoms with Crippen molar-refractivity contribution in [3.8, 4) is 5.75 Å². The Labute approximate surface area is 149 Å². The molecule has 2 heterocycles. The van der Waals surface area contributed by atoms with E-state index >= 15 is 0 Å². The van der Waals surface area contributed by atoms with Gasteiger partial charge in [0.15, 0.2) is 0 Å². The maximum Gasteiger partial charge on any atom is 0.326 e. The number of aromatic nitrogens is 1. The van der Waals surface area contributed by atoms with Gasteiger partial charge in [0, 0.05) is 35.5 Å². The molecule has 0 radical (unpaired) electrons. The second-order valence-electron chi connectivity index (χ2n) is 6.51. The second-order valence-corrected chi connectivity index (χ2v) is 6.51. The third-order valence-electron chi connectivity index (χ3n) is 5.01. The van der Waals surface area contributed by atoms with Crippen molar-refractivity contribution in [2.45, 2.75) is 25.4 Å². The van der Waals surface area contributed by atoms with Gasteiger partial charge < -0.3 is 20.1 Å². The molecule has 0 fully saturated rings. The number of nitrogens with one attached hydrogen (secondary N) is 1. The Balaban J connectivity index is 2.03. The molecule has 1 aromatic heterocycles. The first-order valence-electron chi connectivity index (χ1n) is 8.38. The van der Waals surface area contributed by atoms with Crippen LogP contribution in [0.15, 0.2) is 48.5 Å². The predicted octanol–water partition coefficient (Wildman–Crippen LogP) is 2.82. The Bertz CT molecular complexity index is 1020. The summed E-state index contributed by atoms with van der Waals surface area (Å²) in [6.07, 6.45) is 0.221. The highest BCUT2D eigenvalue weighted by Gasteiger charge is 2.43. The fraction of sp³-hybridized carbons (Fsp3) is 0.200. The van der Waals surface area contributed by atoms with Crippen molar-refractivity contribution in [3.05, 3.63) is 65.4 Å². The monoisotopic (exact) mass is 350 g/mol. The number of H-pyrrole nitrogens is 1. The minimum Gasteiger partial charge on any atom is -0.508 e. The number of nitrogens with zero attached hydrogens (tertiary/aromatic N) is 1. The van der Waals surface area contributed by atoms with Gasteiger partial charge in [-0.25, -0.2) is 4.79 Å². The smallest absolute Gasteiger partial charge is 0.326 e. The van der Waals surface area contributed by atoms with Gasteiger partial charge in [-0.15, -0.1) is 0 Å². The third-order valence-corrected chi connectivity index (χ3v) is 5.01. The average Bonchev–Trinajstić information content (AvgIpc) is 2.99. The maximum absolute atomic E-state index is 12.4. The summed E-state index contributed by atoms with van der Waals surface area (Å²) in [4.78, 5) is 29.0. The SMILES string of the molecule is CC(=O)N1[C@@H](c2ccccc2O)c2[nH]c3ccccc3c2C[C@@H]1C(=O)O. The first-order chi connectivity index (χ1) is 12.5. The first-order valence-corrected chi connectivity index (χ1v) is 8.38. The summed E-state index contributed by atoms with van der Waals surface area (Å²) >= 11 is 0. The van der Waals surface area contributed by atoms with E-state index in [9.17, 15) is 19.8 Å². The summed E-state index contributed by atoms with van der Waals surface area (Å²) < 4.78 is 0.